The maximum absolute atomic E-state index is 13.4. The molecule has 0 unspecified atom stereocenters. The van der Waals surface area contributed by atoms with Gasteiger partial charge in [0.15, 0.2) is 11.5 Å². The predicted molar refractivity (Wildman–Crippen MR) is 141 cm³/mol. The number of carbonyl (C=O) groups excluding carboxylic acids is 2. The Bertz CT molecular complexity index is 1330. The molecule has 1 N–H and O–H groups in total. The first-order chi connectivity index (χ1) is 17.1. The standard InChI is InChI=1S/C29H35N3O4/c1-28(2,3)25-16-19-15-21(9-10-22(19)32(25)14-6-7-26(33)31(4)5)30-27(34)29(12-13-29)20-8-11-23-24(17-20)36-18-35-23/h8-11,15-17H,6-7,12-14,18H2,1-5H3,(H,30,34). The van der Waals surface area contributed by atoms with Gasteiger partial charge in [-0.2, -0.15) is 0 Å². The lowest BCUT2D eigenvalue weighted by Gasteiger charge is -2.22. The van der Waals surface area contributed by atoms with E-state index < -0.39 is 5.41 Å². The Morgan fingerprint density at radius 2 is 1.78 bits per heavy atom. The van der Waals surface area contributed by atoms with E-state index in [1.54, 1.807) is 19.0 Å². The summed E-state index contributed by atoms with van der Waals surface area (Å²) in [6.07, 6.45) is 2.93. The van der Waals surface area contributed by atoms with Crippen LogP contribution in [0.4, 0.5) is 5.69 Å². The van der Waals surface area contributed by atoms with Crippen LogP contribution >= 0.6 is 0 Å². The minimum Gasteiger partial charge on any atom is -0.454 e. The quantitative estimate of drug-likeness (QED) is 0.495. The second-order valence-corrected chi connectivity index (χ2v) is 11.2. The summed E-state index contributed by atoms with van der Waals surface area (Å²) in [6, 6.07) is 14.1. The van der Waals surface area contributed by atoms with Crippen molar-refractivity contribution in [3.05, 3.63) is 53.7 Å². The van der Waals surface area contributed by atoms with E-state index in [1.165, 1.54) is 5.69 Å². The fourth-order valence-corrected chi connectivity index (χ4v) is 5.04. The van der Waals surface area contributed by atoms with Gasteiger partial charge in [0.25, 0.3) is 0 Å². The normalized spacial score (nSPS) is 15.7. The molecule has 1 fully saturated rings. The third kappa shape index (κ3) is 4.43. The minimum atomic E-state index is -0.516. The zero-order valence-electron chi connectivity index (χ0n) is 21.8. The topological polar surface area (TPSA) is 72.8 Å². The van der Waals surface area contributed by atoms with E-state index in [-0.39, 0.29) is 24.0 Å². The highest BCUT2D eigenvalue weighted by Gasteiger charge is 2.51. The van der Waals surface area contributed by atoms with Gasteiger partial charge in [-0.1, -0.05) is 26.8 Å². The number of hydrogen-bond donors (Lipinski definition) is 1. The molecule has 0 saturated heterocycles. The van der Waals surface area contributed by atoms with Crippen molar-refractivity contribution < 1.29 is 19.1 Å². The number of nitrogens with one attached hydrogen (secondary N) is 1. The molecular weight excluding hydrogens is 454 g/mol. The number of anilines is 1. The maximum atomic E-state index is 13.4. The van der Waals surface area contributed by atoms with Crippen LogP contribution in [0.3, 0.4) is 0 Å². The second kappa shape index (κ2) is 8.87. The molecule has 7 nitrogen and oxygen atoms in total. The predicted octanol–water partition coefficient (Wildman–Crippen LogP) is 5.21. The highest BCUT2D eigenvalue weighted by atomic mass is 16.7. The lowest BCUT2D eigenvalue weighted by Crippen LogP contribution is -2.27. The first-order valence-electron chi connectivity index (χ1n) is 12.6. The molecule has 0 bridgehead atoms. The molecule has 1 aliphatic heterocycles. The number of ether oxygens (including phenoxy) is 2. The number of fused-ring (bicyclic) bond motifs is 2. The molecule has 1 aromatic heterocycles. The monoisotopic (exact) mass is 489 g/mol. The molecule has 2 aliphatic rings. The van der Waals surface area contributed by atoms with Crippen LogP contribution in [0.1, 0.15) is 57.7 Å². The lowest BCUT2D eigenvalue weighted by atomic mass is 9.92. The van der Waals surface area contributed by atoms with Crippen LogP contribution in [-0.4, -0.2) is 42.2 Å². The van der Waals surface area contributed by atoms with Crippen LogP contribution in [0.15, 0.2) is 42.5 Å². The highest BCUT2D eigenvalue weighted by molar-refractivity contribution is 6.02. The maximum Gasteiger partial charge on any atom is 0.235 e. The molecule has 3 aromatic rings. The van der Waals surface area contributed by atoms with Gasteiger partial charge in [-0.05, 0) is 61.2 Å². The summed E-state index contributed by atoms with van der Waals surface area (Å²) in [6.45, 7) is 7.60. The van der Waals surface area contributed by atoms with Crippen LogP contribution in [0, 0.1) is 0 Å². The summed E-state index contributed by atoms with van der Waals surface area (Å²) in [4.78, 5) is 27.1. The number of hydrogen-bond acceptors (Lipinski definition) is 4. The van der Waals surface area contributed by atoms with E-state index in [9.17, 15) is 9.59 Å². The molecule has 2 heterocycles. The van der Waals surface area contributed by atoms with Crippen molar-refractivity contribution in [1.82, 2.24) is 9.47 Å². The van der Waals surface area contributed by atoms with Crippen molar-refractivity contribution in [2.45, 2.75) is 63.8 Å². The zero-order chi connectivity index (χ0) is 25.7. The SMILES string of the molecule is CN(C)C(=O)CCCn1c(C(C)(C)C)cc2cc(NC(=O)C3(c4ccc5c(c4)OCO5)CC3)ccc21. The van der Waals surface area contributed by atoms with Crippen molar-refractivity contribution in [1.29, 1.82) is 0 Å². The van der Waals surface area contributed by atoms with E-state index in [2.05, 4.69) is 48.9 Å². The van der Waals surface area contributed by atoms with Gasteiger partial charge in [0.2, 0.25) is 18.6 Å². The Kier molecular flexibility index (Phi) is 5.97. The van der Waals surface area contributed by atoms with Gasteiger partial charge >= 0.3 is 0 Å². The number of aryl methyl sites for hydroxylation is 1. The van der Waals surface area contributed by atoms with Crippen LogP contribution in [0.5, 0.6) is 11.5 Å². The summed E-state index contributed by atoms with van der Waals surface area (Å²) in [7, 11) is 3.59. The van der Waals surface area contributed by atoms with Gasteiger partial charge in [-0.15, -0.1) is 0 Å². The van der Waals surface area contributed by atoms with Gasteiger partial charge in [-0.3, -0.25) is 9.59 Å². The van der Waals surface area contributed by atoms with Gasteiger partial charge in [0.1, 0.15) is 0 Å². The smallest absolute Gasteiger partial charge is 0.235 e. The molecule has 1 aliphatic carbocycles. The third-order valence-electron chi connectivity index (χ3n) is 7.31. The molecular formula is C29H35N3O4. The fourth-order valence-electron chi connectivity index (χ4n) is 5.04. The van der Waals surface area contributed by atoms with Crippen molar-refractivity contribution in [2.24, 2.45) is 0 Å². The Hall–Kier alpha value is -3.48. The van der Waals surface area contributed by atoms with E-state index in [1.807, 2.05) is 24.3 Å². The fraction of sp³-hybridized carbons (Fsp3) is 0.448. The average Bonchev–Trinajstić information content (AvgIpc) is 3.36. The average molecular weight is 490 g/mol. The Labute approximate surface area is 212 Å². The van der Waals surface area contributed by atoms with Crippen molar-refractivity contribution in [3.63, 3.8) is 0 Å². The van der Waals surface area contributed by atoms with Crippen LogP contribution in [-0.2, 0) is 27.0 Å². The molecule has 0 atom stereocenters. The molecule has 190 valence electrons. The summed E-state index contributed by atoms with van der Waals surface area (Å²) in [5.41, 5.74) is 3.53. The third-order valence-corrected chi connectivity index (χ3v) is 7.31. The number of carbonyl (C=O) groups is 2. The van der Waals surface area contributed by atoms with Gasteiger partial charge in [0.05, 0.1) is 5.41 Å². The van der Waals surface area contributed by atoms with Gasteiger partial charge < -0.3 is 24.3 Å². The number of benzene rings is 2. The van der Waals surface area contributed by atoms with E-state index in [0.29, 0.717) is 12.2 Å². The molecule has 0 radical (unpaired) electrons. The number of rotatable bonds is 7. The Morgan fingerprint density at radius 1 is 1.03 bits per heavy atom. The van der Waals surface area contributed by atoms with E-state index in [0.717, 1.165) is 53.7 Å². The molecule has 7 heteroatoms. The first kappa shape index (κ1) is 24.2. The van der Waals surface area contributed by atoms with Crippen molar-refractivity contribution >= 4 is 28.4 Å². The van der Waals surface area contributed by atoms with Crippen molar-refractivity contribution in [3.8, 4) is 11.5 Å². The van der Waals surface area contributed by atoms with Gasteiger partial charge in [-0.25, -0.2) is 0 Å². The highest BCUT2D eigenvalue weighted by Crippen LogP contribution is 2.51. The minimum absolute atomic E-state index is 0.0124. The molecule has 1 saturated carbocycles. The van der Waals surface area contributed by atoms with Gasteiger partial charge in [0, 0.05) is 54.8 Å². The van der Waals surface area contributed by atoms with Crippen LogP contribution in [0.2, 0.25) is 0 Å². The summed E-state index contributed by atoms with van der Waals surface area (Å²) < 4.78 is 13.3. The zero-order valence-corrected chi connectivity index (χ0v) is 21.8. The molecule has 2 aromatic carbocycles. The Balaban J connectivity index is 1.37. The lowest BCUT2D eigenvalue weighted by molar-refractivity contribution is -0.128. The van der Waals surface area contributed by atoms with Crippen LogP contribution in [0.25, 0.3) is 10.9 Å². The molecule has 36 heavy (non-hydrogen) atoms. The second-order valence-electron chi connectivity index (χ2n) is 11.2. The number of amides is 2. The van der Waals surface area contributed by atoms with Crippen molar-refractivity contribution in [2.75, 3.05) is 26.2 Å². The molecule has 5 rings (SSSR count). The summed E-state index contributed by atoms with van der Waals surface area (Å²) >= 11 is 0. The summed E-state index contributed by atoms with van der Waals surface area (Å²) in [5.74, 6) is 1.59. The molecule has 0 spiro atoms. The Morgan fingerprint density at radius 3 is 2.47 bits per heavy atom. The largest absolute Gasteiger partial charge is 0.454 e. The number of aromatic nitrogens is 1. The van der Waals surface area contributed by atoms with E-state index in [4.69, 9.17) is 9.47 Å². The number of nitrogens with zero attached hydrogens (tertiary/aromatic N) is 2. The van der Waals surface area contributed by atoms with E-state index >= 15 is 0 Å². The first-order valence-corrected chi connectivity index (χ1v) is 12.6. The molecule has 2 amide bonds. The van der Waals surface area contributed by atoms with Crippen LogP contribution < -0.4 is 14.8 Å². The summed E-state index contributed by atoms with van der Waals surface area (Å²) in [5, 5.41) is 4.26.